The molecule has 4 rings (SSSR count). The summed E-state index contributed by atoms with van der Waals surface area (Å²) in [5.74, 6) is -0.503. The van der Waals surface area contributed by atoms with Gasteiger partial charge in [-0.15, -0.1) is 0 Å². The van der Waals surface area contributed by atoms with Crippen LogP contribution in [0.15, 0.2) is 89.0 Å². The van der Waals surface area contributed by atoms with Crippen LogP contribution in [0.25, 0.3) is 11.5 Å². The summed E-state index contributed by atoms with van der Waals surface area (Å²) in [6, 6.07) is 15.4. The van der Waals surface area contributed by atoms with Gasteiger partial charge in [0.2, 0.25) is 5.89 Å². The minimum absolute atomic E-state index is 0.0524. The number of carbonyl (C=O) groups excluding carboxylic acids is 1. The Labute approximate surface area is 251 Å². The van der Waals surface area contributed by atoms with Crippen LogP contribution in [0.5, 0.6) is 5.75 Å². The third-order valence-electron chi connectivity index (χ3n) is 6.77. The van der Waals surface area contributed by atoms with Crippen molar-refractivity contribution >= 4 is 11.8 Å². The molecular formula is C33H30F4N2O5. The topological polar surface area (TPSA) is 102 Å². The van der Waals surface area contributed by atoms with E-state index in [4.69, 9.17) is 9.15 Å². The minimum Gasteiger partial charge on any atom is -0.487 e. The first-order valence-corrected chi connectivity index (χ1v) is 13.8. The number of carboxylic acid groups (broad SMARTS) is 1. The summed E-state index contributed by atoms with van der Waals surface area (Å²) < 4.78 is 63.4. The molecule has 1 atom stereocenters. The van der Waals surface area contributed by atoms with E-state index in [2.05, 4.69) is 10.3 Å². The molecule has 0 aliphatic carbocycles. The fourth-order valence-corrected chi connectivity index (χ4v) is 4.33. The van der Waals surface area contributed by atoms with Crippen LogP contribution < -0.4 is 10.1 Å². The first-order valence-electron chi connectivity index (χ1n) is 13.8. The summed E-state index contributed by atoms with van der Waals surface area (Å²) in [6.07, 6.45) is -2.34. The Bertz CT molecular complexity index is 1610. The number of aromatic nitrogens is 1. The first-order chi connectivity index (χ1) is 21.0. The van der Waals surface area contributed by atoms with Gasteiger partial charge in [0.25, 0.3) is 0 Å². The summed E-state index contributed by atoms with van der Waals surface area (Å²) in [7, 11) is 0. The van der Waals surface area contributed by atoms with Crippen molar-refractivity contribution in [3.8, 4) is 17.2 Å². The second-order valence-corrected chi connectivity index (χ2v) is 9.88. The van der Waals surface area contributed by atoms with Crippen molar-refractivity contribution < 1.29 is 41.4 Å². The van der Waals surface area contributed by atoms with E-state index in [0.29, 0.717) is 52.8 Å². The van der Waals surface area contributed by atoms with Gasteiger partial charge in [-0.2, -0.15) is 13.2 Å². The quantitative estimate of drug-likeness (QED) is 0.0924. The lowest BCUT2D eigenvalue weighted by atomic mass is 10.0. The number of nitrogens with one attached hydrogen (secondary N) is 1. The molecule has 4 aromatic rings. The highest BCUT2D eigenvalue weighted by molar-refractivity contribution is 6.04. The summed E-state index contributed by atoms with van der Waals surface area (Å²) >= 11 is 0. The van der Waals surface area contributed by atoms with Crippen LogP contribution >= 0.6 is 0 Å². The average molecular weight is 611 g/mol. The van der Waals surface area contributed by atoms with Gasteiger partial charge in [-0.1, -0.05) is 38.1 Å². The smallest absolute Gasteiger partial charge is 0.416 e. The van der Waals surface area contributed by atoms with Crippen molar-refractivity contribution in [3.63, 3.8) is 0 Å². The molecule has 230 valence electrons. The number of oxazole rings is 1. The molecule has 0 saturated heterocycles. The van der Waals surface area contributed by atoms with E-state index in [9.17, 15) is 32.3 Å². The number of alkyl halides is 3. The van der Waals surface area contributed by atoms with Crippen LogP contribution in [0.2, 0.25) is 0 Å². The fourth-order valence-electron chi connectivity index (χ4n) is 4.33. The number of hydrogen-bond donors (Lipinski definition) is 2. The number of carboxylic acids is 1. The van der Waals surface area contributed by atoms with Gasteiger partial charge >= 0.3 is 12.1 Å². The average Bonchev–Trinajstić information content (AvgIpc) is 3.43. The number of hydrogen-bond acceptors (Lipinski definition) is 6. The zero-order chi connectivity index (χ0) is 31.9. The predicted octanol–water partition coefficient (Wildman–Crippen LogP) is 7.40. The Morgan fingerprint density at radius 2 is 1.66 bits per heavy atom. The predicted molar refractivity (Wildman–Crippen MR) is 154 cm³/mol. The van der Waals surface area contributed by atoms with E-state index in [-0.39, 0.29) is 24.4 Å². The zero-order valence-electron chi connectivity index (χ0n) is 24.0. The van der Waals surface area contributed by atoms with E-state index in [1.807, 2.05) is 6.92 Å². The van der Waals surface area contributed by atoms with Crippen LogP contribution in [0, 0.1) is 5.82 Å². The van der Waals surface area contributed by atoms with Gasteiger partial charge in [0, 0.05) is 35.7 Å². The van der Waals surface area contributed by atoms with Crippen molar-refractivity contribution in [1.82, 2.24) is 10.3 Å². The van der Waals surface area contributed by atoms with E-state index in [0.717, 1.165) is 24.3 Å². The highest BCUT2D eigenvalue weighted by atomic mass is 19.4. The normalized spacial score (nSPS) is 12.5. The number of ether oxygens (including phenoxy) is 1. The summed E-state index contributed by atoms with van der Waals surface area (Å²) in [5, 5.41) is 12.7. The molecule has 0 aliphatic rings. The summed E-state index contributed by atoms with van der Waals surface area (Å²) in [6.45, 7) is 3.78. The largest absolute Gasteiger partial charge is 0.487 e. The molecule has 2 N–H and O–H groups in total. The fraction of sp³-hybridized carbons (Fsp3) is 0.242. The van der Waals surface area contributed by atoms with E-state index in [1.165, 1.54) is 18.2 Å². The van der Waals surface area contributed by atoms with Crippen molar-refractivity contribution in [2.45, 2.75) is 51.9 Å². The standard InChI is InChI=1S/C33H30F4N2O5/c1-3-25(18-29(40)21-7-11-23(12-8-21)33(35,36)37)38-27(32(41)42)17-20-5-15-26(16-6-20)43-19-28-30(4-2)44-31(39-28)22-9-13-24(34)14-10-22/h5-16,18,27,38H,3-4,17,19H2,1-2H3,(H,41,42)/t27-/m0/s1. The molecule has 0 saturated carbocycles. The molecule has 0 spiro atoms. The number of aryl methyl sites for hydroxylation is 1. The second kappa shape index (κ2) is 14.0. The van der Waals surface area contributed by atoms with E-state index < -0.39 is 29.5 Å². The second-order valence-electron chi connectivity index (χ2n) is 9.88. The Hall–Kier alpha value is -4.93. The number of nitrogens with zero attached hydrogens (tertiary/aromatic N) is 1. The van der Waals surface area contributed by atoms with Crippen molar-refractivity contribution in [3.05, 3.63) is 119 Å². The lowest BCUT2D eigenvalue weighted by Crippen LogP contribution is -2.38. The maximum atomic E-state index is 13.3. The van der Waals surface area contributed by atoms with Gasteiger partial charge in [0.05, 0.1) is 5.56 Å². The molecule has 11 heteroatoms. The molecule has 1 heterocycles. The van der Waals surface area contributed by atoms with Gasteiger partial charge in [-0.05, 0) is 60.5 Å². The molecule has 0 bridgehead atoms. The molecule has 0 unspecified atom stereocenters. The Balaban J connectivity index is 1.38. The van der Waals surface area contributed by atoms with Crippen LogP contribution in [0.3, 0.4) is 0 Å². The third kappa shape index (κ3) is 8.33. The third-order valence-corrected chi connectivity index (χ3v) is 6.77. The van der Waals surface area contributed by atoms with Gasteiger partial charge in [-0.3, -0.25) is 4.79 Å². The van der Waals surface area contributed by atoms with Gasteiger partial charge < -0.3 is 19.6 Å². The molecule has 0 amide bonds. The van der Waals surface area contributed by atoms with E-state index in [1.54, 1.807) is 43.3 Å². The molecule has 44 heavy (non-hydrogen) atoms. The number of carbonyl (C=O) groups is 2. The van der Waals surface area contributed by atoms with Crippen molar-refractivity contribution in [2.24, 2.45) is 0 Å². The number of halogens is 4. The zero-order valence-corrected chi connectivity index (χ0v) is 24.0. The number of ketones is 1. The molecule has 0 fully saturated rings. The van der Waals surface area contributed by atoms with Crippen molar-refractivity contribution in [2.75, 3.05) is 0 Å². The number of benzene rings is 3. The van der Waals surface area contributed by atoms with Crippen LogP contribution in [-0.2, 0) is 30.4 Å². The maximum absolute atomic E-state index is 13.3. The Morgan fingerprint density at radius 3 is 2.23 bits per heavy atom. The monoisotopic (exact) mass is 610 g/mol. The highest BCUT2D eigenvalue weighted by Crippen LogP contribution is 2.29. The van der Waals surface area contributed by atoms with Gasteiger partial charge in [0.15, 0.2) is 5.78 Å². The summed E-state index contributed by atoms with van der Waals surface area (Å²) in [5.41, 5.74) is 1.46. The van der Waals surface area contributed by atoms with Crippen LogP contribution in [-0.4, -0.2) is 27.9 Å². The number of aliphatic carboxylic acids is 1. The highest BCUT2D eigenvalue weighted by Gasteiger charge is 2.30. The number of rotatable bonds is 13. The SMILES string of the molecule is CCC(=CC(=O)c1ccc(C(F)(F)F)cc1)N[C@@H](Cc1ccc(OCc2nc(-c3ccc(F)cc3)oc2CC)cc1)C(=O)O. The molecule has 0 aliphatic heterocycles. The maximum Gasteiger partial charge on any atom is 0.416 e. The Kier molecular flexibility index (Phi) is 10.2. The van der Waals surface area contributed by atoms with Crippen molar-refractivity contribution in [1.29, 1.82) is 0 Å². The lowest BCUT2D eigenvalue weighted by Gasteiger charge is -2.18. The molecule has 7 nitrogen and oxygen atoms in total. The molecule has 1 aromatic heterocycles. The van der Waals surface area contributed by atoms with Gasteiger partial charge in [-0.25, -0.2) is 14.2 Å². The Morgan fingerprint density at radius 1 is 1.00 bits per heavy atom. The minimum atomic E-state index is -4.52. The van der Waals surface area contributed by atoms with E-state index >= 15 is 0 Å². The number of allylic oxidation sites excluding steroid dienone is 2. The molecule has 3 aromatic carbocycles. The first kappa shape index (κ1) is 32.0. The molecular weight excluding hydrogens is 580 g/mol. The van der Waals surface area contributed by atoms with Gasteiger partial charge in [0.1, 0.15) is 35.7 Å². The molecule has 0 radical (unpaired) electrons. The lowest BCUT2D eigenvalue weighted by molar-refractivity contribution is -0.139. The summed E-state index contributed by atoms with van der Waals surface area (Å²) in [4.78, 5) is 29.1. The van der Waals surface area contributed by atoms with Crippen LogP contribution in [0.1, 0.15) is 53.2 Å². The van der Waals surface area contributed by atoms with Crippen LogP contribution in [0.4, 0.5) is 17.6 Å².